The second-order valence-electron chi connectivity index (χ2n) is 3.65. The molecule has 1 heterocycles. The van der Waals surface area contributed by atoms with Gasteiger partial charge in [-0.15, -0.1) is 0 Å². The van der Waals surface area contributed by atoms with E-state index in [2.05, 4.69) is 10.3 Å². The standard InChI is InChI=1S/C9H12ClFN2O/c1-9(2,5-14)13-8-7(11)3-6(10)4-12-8/h3-4,14H,5H2,1-2H3,(H,12,13). The van der Waals surface area contributed by atoms with Crippen LogP contribution in [0, 0.1) is 5.82 Å². The largest absolute Gasteiger partial charge is 0.394 e. The van der Waals surface area contributed by atoms with E-state index in [1.807, 2.05) is 0 Å². The van der Waals surface area contributed by atoms with Gasteiger partial charge in [0.15, 0.2) is 11.6 Å². The fourth-order valence-electron chi connectivity index (χ4n) is 0.867. The number of aromatic nitrogens is 1. The number of rotatable bonds is 3. The maximum atomic E-state index is 13.2. The Balaban J connectivity index is 2.87. The molecular formula is C9H12ClFN2O. The number of hydrogen-bond acceptors (Lipinski definition) is 3. The second-order valence-corrected chi connectivity index (χ2v) is 4.09. The average molecular weight is 219 g/mol. The van der Waals surface area contributed by atoms with E-state index in [0.29, 0.717) is 0 Å². The smallest absolute Gasteiger partial charge is 0.166 e. The van der Waals surface area contributed by atoms with Crippen LogP contribution in [0.3, 0.4) is 0 Å². The predicted molar refractivity (Wildman–Crippen MR) is 54.0 cm³/mol. The number of halogens is 2. The highest BCUT2D eigenvalue weighted by molar-refractivity contribution is 6.30. The summed E-state index contributed by atoms with van der Waals surface area (Å²) in [5.41, 5.74) is -0.609. The Hall–Kier alpha value is -0.870. The van der Waals surface area contributed by atoms with Crippen molar-refractivity contribution < 1.29 is 9.50 Å². The molecule has 5 heteroatoms. The van der Waals surface area contributed by atoms with Crippen LogP contribution in [-0.2, 0) is 0 Å². The minimum absolute atomic E-state index is 0.0912. The van der Waals surface area contributed by atoms with Gasteiger partial charge >= 0.3 is 0 Å². The monoisotopic (exact) mass is 218 g/mol. The maximum Gasteiger partial charge on any atom is 0.166 e. The van der Waals surface area contributed by atoms with Gasteiger partial charge in [-0.25, -0.2) is 9.37 Å². The Morgan fingerprint density at radius 1 is 1.64 bits per heavy atom. The molecule has 0 saturated heterocycles. The SMILES string of the molecule is CC(C)(CO)Nc1ncc(Cl)cc1F. The number of nitrogens with zero attached hydrogens (tertiary/aromatic N) is 1. The minimum atomic E-state index is -0.609. The Morgan fingerprint density at radius 2 is 2.29 bits per heavy atom. The summed E-state index contributed by atoms with van der Waals surface area (Å²) in [4.78, 5) is 3.78. The van der Waals surface area contributed by atoms with E-state index in [0.717, 1.165) is 0 Å². The Morgan fingerprint density at radius 3 is 2.79 bits per heavy atom. The third-order valence-electron chi connectivity index (χ3n) is 1.66. The Bertz CT molecular complexity index is 331. The lowest BCUT2D eigenvalue weighted by Crippen LogP contribution is -2.35. The molecule has 0 fully saturated rings. The Labute approximate surface area is 86.9 Å². The van der Waals surface area contributed by atoms with Gasteiger partial charge in [-0.3, -0.25) is 0 Å². The summed E-state index contributed by atoms with van der Waals surface area (Å²) in [5.74, 6) is -0.438. The lowest BCUT2D eigenvalue weighted by Gasteiger charge is -2.24. The van der Waals surface area contributed by atoms with Crippen LogP contribution in [-0.4, -0.2) is 22.2 Å². The lowest BCUT2D eigenvalue weighted by atomic mass is 10.1. The van der Waals surface area contributed by atoms with E-state index >= 15 is 0 Å². The van der Waals surface area contributed by atoms with Crippen molar-refractivity contribution in [3.8, 4) is 0 Å². The van der Waals surface area contributed by atoms with Crippen LogP contribution >= 0.6 is 11.6 Å². The van der Waals surface area contributed by atoms with Gasteiger partial charge in [0, 0.05) is 6.20 Å². The highest BCUT2D eigenvalue weighted by Gasteiger charge is 2.18. The molecule has 0 atom stereocenters. The van der Waals surface area contributed by atoms with Crippen molar-refractivity contribution in [2.45, 2.75) is 19.4 Å². The van der Waals surface area contributed by atoms with E-state index in [4.69, 9.17) is 16.7 Å². The molecular weight excluding hydrogens is 207 g/mol. The van der Waals surface area contributed by atoms with Gasteiger partial charge in [0.1, 0.15) is 0 Å². The number of anilines is 1. The van der Waals surface area contributed by atoms with E-state index in [-0.39, 0.29) is 17.4 Å². The van der Waals surface area contributed by atoms with Crippen molar-refractivity contribution in [2.24, 2.45) is 0 Å². The molecule has 0 aliphatic rings. The first-order valence-corrected chi connectivity index (χ1v) is 4.52. The third kappa shape index (κ3) is 2.82. The van der Waals surface area contributed by atoms with Crippen LogP contribution < -0.4 is 5.32 Å². The van der Waals surface area contributed by atoms with Gasteiger partial charge in [-0.2, -0.15) is 0 Å². The molecule has 1 rings (SSSR count). The number of hydrogen-bond donors (Lipinski definition) is 2. The summed E-state index contributed by atoms with van der Waals surface area (Å²) < 4.78 is 13.2. The summed E-state index contributed by atoms with van der Waals surface area (Å²) in [5, 5.41) is 12.0. The molecule has 0 bridgehead atoms. The quantitative estimate of drug-likeness (QED) is 0.816. The molecule has 3 nitrogen and oxygen atoms in total. The van der Waals surface area contributed by atoms with Crippen molar-refractivity contribution in [3.63, 3.8) is 0 Å². The first-order chi connectivity index (χ1) is 6.44. The molecule has 0 amide bonds. The molecule has 0 saturated carbocycles. The van der Waals surface area contributed by atoms with Gasteiger partial charge in [-0.05, 0) is 19.9 Å². The normalized spacial score (nSPS) is 11.5. The highest BCUT2D eigenvalue weighted by atomic mass is 35.5. The summed E-state index contributed by atoms with van der Waals surface area (Å²) >= 11 is 5.54. The lowest BCUT2D eigenvalue weighted by molar-refractivity contribution is 0.233. The minimum Gasteiger partial charge on any atom is -0.394 e. The highest BCUT2D eigenvalue weighted by Crippen LogP contribution is 2.18. The zero-order valence-corrected chi connectivity index (χ0v) is 8.77. The molecule has 2 N–H and O–H groups in total. The second kappa shape index (κ2) is 4.11. The van der Waals surface area contributed by atoms with Gasteiger partial charge in [0.05, 0.1) is 17.2 Å². The molecule has 0 unspecified atom stereocenters. The first-order valence-electron chi connectivity index (χ1n) is 4.15. The average Bonchev–Trinajstić information content (AvgIpc) is 2.10. The molecule has 0 aromatic carbocycles. The number of pyridine rings is 1. The van der Waals surface area contributed by atoms with Crippen molar-refractivity contribution >= 4 is 17.4 Å². The van der Waals surface area contributed by atoms with Gasteiger partial charge in [0.25, 0.3) is 0 Å². The van der Waals surface area contributed by atoms with Gasteiger partial charge < -0.3 is 10.4 Å². The molecule has 14 heavy (non-hydrogen) atoms. The topological polar surface area (TPSA) is 45.1 Å². The van der Waals surface area contributed by atoms with Crippen LogP contribution in [0.25, 0.3) is 0 Å². The van der Waals surface area contributed by atoms with Crippen molar-refractivity contribution in [1.82, 2.24) is 4.98 Å². The van der Waals surface area contributed by atoms with E-state index in [9.17, 15) is 4.39 Å². The molecule has 1 aromatic heterocycles. The maximum absolute atomic E-state index is 13.2. The van der Waals surface area contributed by atoms with E-state index < -0.39 is 11.4 Å². The molecule has 0 aliphatic carbocycles. The Kier molecular flexibility index (Phi) is 3.29. The summed E-state index contributed by atoms with van der Waals surface area (Å²) in [7, 11) is 0. The van der Waals surface area contributed by atoms with Crippen molar-refractivity contribution in [2.75, 3.05) is 11.9 Å². The molecule has 0 radical (unpaired) electrons. The van der Waals surface area contributed by atoms with Crippen molar-refractivity contribution in [3.05, 3.63) is 23.1 Å². The number of aliphatic hydroxyl groups is 1. The summed E-state index contributed by atoms with van der Waals surface area (Å²) in [6.07, 6.45) is 1.35. The molecule has 0 spiro atoms. The third-order valence-corrected chi connectivity index (χ3v) is 1.87. The molecule has 78 valence electrons. The van der Waals surface area contributed by atoms with Crippen LogP contribution in [0.5, 0.6) is 0 Å². The van der Waals surface area contributed by atoms with Crippen LogP contribution in [0.15, 0.2) is 12.3 Å². The van der Waals surface area contributed by atoms with Gasteiger partial charge in [0.2, 0.25) is 0 Å². The fraction of sp³-hybridized carbons (Fsp3) is 0.444. The predicted octanol–water partition coefficient (Wildman–Crippen LogP) is 2.06. The van der Waals surface area contributed by atoms with Gasteiger partial charge in [-0.1, -0.05) is 11.6 Å². The van der Waals surface area contributed by atoms with E-state index in [1.54, 1.807) is 13.8 Å². The number of aliphatic hydroxyl groups excluding tert-OH is 1. The van der Waals surface area contributed by atoms with Crippen LogP contribution in [0.2, 0.25) is 5.02 Å². The fourth-order valence-corrected chi connectivity index (χ4v) is 1.01. The van der Waals surface area contributed by atoms with Crippen LogP contribution in [0.4, 0.5) is 10.2 Å². The molecule has 0 aliphatic heterocycles. The zero-order chi connectivity index (χ0) is 10.8. The molecule has 1 aromatic rings. The first kappa shape index (κ1) is 11.2. The summed E-state index contributed by atoms with van der Waals surface area (Å²) in [6, 6.07) is 1.17. The van der Waals surface area contributed by atoms with Crippen molar-refractivity contribution in [1.29, 1.82) is 0 Å². The van der Waals surface area contributed by atoms with E-state index in [1.165, 1.54) is 12.3 Å². The summed E-state index contributed by atoms with van der Waals surface area (Å²) in [6.45, 7) is 3.36. The van der Waals surface area contributed by atoms with Crippen LogP contribution in [0.1, 0.15) is 13.8 Å². The zero-order valence-electron chi connectivity index (χ0n) is 8.01. The number of nitrogens with one attached hydrogen (secondary N) is 1.